The van der Waals surface area contributed by atoms with Crippen LogP contribution in [0.25, 0.3) is 0 Å². The quantitative estimate of drug-likeness (QED) is 0.642. The van der Waals surface area contributed by atoms with Gasteiger partial charge in [-0.2, -0.15) is 0 Å². The first-order valence-corrected chi connectivity index (χ1v) is 5.93. The van der Waals surface area contributed by atoms with Crippen LogP contribution < -0.4 is 10.6 Å². The number of pyridine rings is 1. The Hall–Kier alpha value is -2.57. The van der Waals surface area contributed by atoms with Crippen LogP contribution in [0.2, 0.25) is 0 Å². The number of esters is 1. The summed E-state index contributed by atoms with van der Waals surface area (Å²) in [6.45, 7) is 5.18. The molecule has 1 amide bonds. The number of anilines is 1. The number of carbonyl (C=O) groups is 2. The molecule has 0 fully saturated rings. The van der Waals surface area contributed by atoms with Crippen molar-refractivity contribution in [3.8, 4) is 0 Å². The van der Waals surface area contributed by atoms with Gasteiger partial charge in [0.1, 0.15) is 18.1 Å². The summed E-state index contributed by atoms with van der Waals surface area (Å²) in [6, 6.07) is 3.35. The highest BCUT2D eigenvalue weighted by Crippen LogP contribution is 2.17. The first-order valence-electron chi connectivity index (χ1n) is 5.93. The second-order valence-corrected chi connectivity index (χ2v) is 3.85. The molecule has 20 heavy (non-hydrogen) atoms. The third-order valence-electron chi connectivity index (χ3n) is 2.35. The van der Waals surface area contributed by atoms with E-state index < -0.39 is 12.1 Å². The highest BCUT2D eigenvalue weighted by Gasteiger charge is 2.17. The summed E-state index contributed by atoms with van der Waals surface area (Å²) in [6.07, 6.45) is 0.986. The molecule has 7 heteroatoms. The first kappa shape index (κ1) is 15.5. The second-order valence-electron chi connectivity index (χ2n) is 3.85. The van der Waals surface area contributed by atoms with Crippen LogP contribution in [-0.4, -0.2) is 30.7 Å². The summed E-state index contributed by atoms with van der Waals surface area (Å²) in [7, 11) is 1.52. The standard InChI is InChI=1S/C13H17N3O4/c1-4-19-13(18)16(3)11-10(6-5-7-15-11)8-20-12(17)9(2)14/h5-7H,2,4,8,14H2,1,3H3. The number of carbonyl (C=O) groups excluding carboxylic acids is 2. The van der Waals surface area contributed by atoms with Gasteiger partial charge in [-0.25, -0.2) is 14.6 Å². The van der Waals surface area contributed by atoms with Gasteiger partial charge < -0.3 is 15.2 Å². The van der Waals surface area contributed by atoms with E-state index >= 15 is 0 Å². The predicted octanol–water partition coefficient (Wildman–Crippen LogP) is 1.19. The van der Waals surface area contributed by atoms with Crippen LogP contribution in [-0.2, 0) is 20.9 Å². The molecule has 0 aliphatic rings. The maximum Gasteiger partial charge on any atom is 0.415 e. The zero-order chi connectivity index (χ0) is 15.1. The molecule has 0 bridgehead atoms. The van der Waals surface area contributed by atoms with Gasteiger partial charge in [0, 0.05) is 18.8 Å². The minimum Gasteiger partial charge on any atom is -0.456 e. The third-order valence-corrected chi connectivity index (χ3v) is 2.35. The van der Waals surface area contributed by atoms with E-state index in [-0.39, 0.29) is 18.9 Å². The fourth-order valence-electron chi connectivity index (χ4n) is 1.39. The van der Waals surface area contributed by atoms with Crippen molar-refractivity contribution in [3.05, 3.63) is 36.2 Å². The van der Waals surface area contributed by atoms with E-state index in [1.54, 1.807) is 19.1 Å². The summed E-state index contributed by atoms with van der Waals surface area (Å²) in [5, 5.41) is 0. The van der Waals surface area contributed by atoms with Crippen molar-refractivity contribution >= 4 is 17.9 Å². The predicted molar refractivity (Wildman–Crippen MR) is 72.8 cm³/mol. The van der Waals surface area contributed by atoms with Crippen molar-refractivity contribution in [2.45, 2.75) is 13.5 Å². The molecule has 7 nitrogen and oxygen atoms in total. The molecular weight excluding hydrogens is 262 g/mol. The number of nitrogens with zero attached hydrogens (tertiary/aromatic N) is 2. The SMILES string of the molecule is C=C(N)C(=O)OCc1cccnc1N(C)C(=O)OCC. The number of hydrogen-bond acceptors (Lipinski definition) is 6. The van der Waals surface area contributed by atoms with Crippen LogP contribution in [0.3, 0.4) is 0 Å². The Balaban J connectivity index is 2.85. The largest absolute Gasteiger partial charge is 0.456 e. The molecule has 0 aliphatic carbocycles. The van der Waals surface area contributed by atoms with Gasteiger partial charge in [-0.05, 0) is 13.0 Å². The molecule has 1 aromatic heterocycles. The molecule has 0 unspecified atom stereocenters. The van der Waals surface area contributed by atoms with Crippen molar-refractivity contribution in [1.82, 2.24) is 4.98 Å². The second kappa shape index (κ2) is 7.13. The van der Waals surface area contributed by atoms with Gasteiger partial charge in [0.15, 0.2) is 0 Å². The Morgan fingerprint density at radius 3 is 2.75 bits per heavy atom. The number of hydrogen-bond donors (Lipinski definition) is 1. The van der Waals surface area contributed by atoms with Gasteiger partial charge in [0.25, 0.3) is 0 Å². The van der Waals surface area contributed by atoms with Gasteiger partial charge in [-0.3, -0.25) is 4.90 Å². The van der Waals surface area contributed by atoms with Gasteiger partial charge in [0.2, 0.25) is 0 Å². The maximum atomic E-state index is 11.7. The van der Waals surface area contributed by atoms with Crippen molar-refractivity contribution < 1.29 is 19.1 Å². The average molecular weight is 279 g/mol. The molecule has 108 valence electrons. The van der Waals surface area contributed by atoms with E-state index in [0.717, 1.165) is 0 Å². The fraction of sp³-hybridized carbons (Fsp3) is 0.308. The van der Waals surface area contributed by atoms with Crippen LogP contribution >= 0.6 is 0 Å². The summed E-state index contributed by atoms with van der Waals surface area (Å²) < 4.78 is 9.82. The molecule has 1 heterocycles. The molecule has 0 saturated carbocycles. The van der Waals surface area contributed by atoms with Crippen LogP contribution in [0, 0.1) is 0 Å². The fourth-order valence-corrected chi connectivity index (χ4v) is 1.39. The van der Waals surface area contributed by atoms with E-state index in [0.29, 0.717) is 11.4 Å². The number of nitrogens with two attached hydrogens (primary N) is 1. The Morgan fingerprint density at radius 1 is 1.45 bits per heavy atom. The Bertz CT molecular complexity index is 516. The number of amides is 1. The Morgan fingerprint density at radius 2 is 2.15 bits per heavy atom. The zero-order valence-corrected chi connectivity index (χ0v) is 11.5. The number of rotatable bonds is 5. The molecule has 0 aromatic carbocycles. The molecular formula is C13H17N3O4. The summed E-state index contributed by atoms with van der Waals surface area (Å²) in [5.74, 6) is -0.361. The van der Waals surface area contributed by atoms with E-state index in [1.165, 1.54) is 18.1 Å². The Kier molecular flexibility index (Phi) is 5.52. The number of aromatic nitrogens is 1. The molecule has 1 aromatic rings. The molecule has 2 N–H and O–H groups in total. The van der Waals surface area contributed by atoms with Crippen molar-refractivity contribution in [2.75, 3.05) is 18.6 Å². The maximum absolute atomic E-state index is 11.7. The zero-order valence-electron chi connectivity index (χ0n) is 11.5. The van der Waals surface area contributed by atoms with Crippen molar-refractivity contribution in [3.63, 3.8) is 0 Å². The third kappa shape index (κ3) is 3.98. The van der Waals surface area contributed by atoms with Gasteiger partial charge in [-0.15, -0.1) is 0 Å². The smallest absolute Gasteiger partial charge is 0.415 e. The summed E-state index contributed by atoms with van der Waals surface area (Å²) in [4.78, 5) is 28.3. The average Bonchev–Trinajstić information content (AvgIpc) is 2.44. The molecule has 1 rings (SSSR count). The summed E-state index contributed by atoms with van der Waals surface area (Å²) >= 11 is 0. The van der Waals surface area contributed by atoms with Gasteiger partial charge in [0.05, 0.1) is 6.61 Å². The van der Waals surface area contributed by atoms with Crippen molar-refractivity contribution in [1.29, 1.82) is 0 Å². The van der Waals surface area contributed by atoms with Gasteiger partial charge in [-0.1, -0.05) is 12.6 Å². The minimum atomic E-state index is -0.710. The molecule has 0 radical (unpaired) electrons. The van der Waals surface area contributed by atoms with Crippen LogP contribution in [0.15, 0.2) is 30.6 Å². The molecule has 0 saturated heterocycles. The molecule has 0 spiro atoms. The van der Waals surface area contributed by atoms with Gasteiger partial charge >= 0.3 is 12.1 Å². The summed E-state index contributed by atoms with van der Waals surface area (Å²) in [5.41, 5.74) is 5.58. The van der Waals surface area contributed by atoms with Crippen molar-refractivity contribution in [2.24, 2.45) is 5.73 Å². The van der Waals surface area contributed by atoms with E-state index in [4.69, 9.17) is 15.2 Å². The lowest BCUT2D eigenvalue weighted by Gasteiger charge is -2.18. The highest BCUT2D eigenvalue weighted by molar-refractivity contribution is 5.87. The van der Waals surface area contributed by atoms with Crippen LogP contribution in [0.1, 0.15) is 12.5 Å². The molecule has 0 aliphatic heterocycles. The lowest BCUT2D eigenvalue weighted by molar-refractivity contribution is -0.140. The van der Waals surface area contributed by atoms with Crippen LogP contribution in [0.5, 0.6) is 0 Å². The van der Waals surface area contributed by atoms with E-state index in [1.807, 2.05) is 0 Å². The topological polar surface area (TPSA) is 94.8 Å². The monoisotopic (exact) mass is 279 g/mol. The normalized spacial score (nSPS) is 9.70. The first-order chi connectivity index (χ1) is 9.47. The van der Waals surface area contributed by atoms with E-state index in [9.17, 15) is 9.59 Å². The minimum absolute atomic E-state index is 0.0675. The Labute approximate surface area is 117 Å². The molecule has 0 atom stereocenters. The number of ether oxygens (including phenoxy) is 2. The lowest BCUT2D eigenvalue weighted by Crippen LogP contribution is -2.29. The van der Waals surface area contributed by atoms with E-state index in [2.05, 4.69) is 11.6 Å². The van der Waals surface area contributed by atoms with Crippen LogP contribution in [0.4, 0.5) is 10.6 Å². The highest BCUT2D eigenvalue weighted by atomic mass is 16.6. The lowest BCUT2D eigenvalue weighted by atomic mass is 10.2.